The third-order valence-electron chi connectivity index (χ3n) is 4.37. The first-order valence-electron chi connectivity index (χ1n) is 8.51. The van der Waals surface area contributed by atoms with Crippen LogP contribution in [0.5, 0.6) is 0 Å². The minimum absolute atomic E-state index is 0.0633. The van der Waals surface area contributed by atoms with Gasteiger partial charge in [-0.3, -0.25) is 9.59 Å². The van der Waals surface area contributed by atoms with Crippen LogP contribution >= 0.6 is 0 Å². The number of benzene rings is 1. The van der Waals surface area contributed by atoms with Crippen LogP contribution in [0.1, 0.15) is 23.2 Å². The summed E-state index contributed by atoms with van der Waals surface area (Å²) < 4.78 is 5.37. The third kappa shape index (κ3) is 4.62. The van der Waals surface area contributed by atoms with Crippen LogP contribution in [0.4, 0.5) is 10.5 Å². The third-order valence-corrected chi connectivity index (χ3v) is 4.37. The number of hydrogen-bond donors (Lipinski definition) is 0. The van der Waals surface area contributed by atoms with Gasteiger partial charge in [-0.15, -0.1) is 0 Å². The van der Waals surface area contributed by atoms with Gasteiger partial charge in [-0.25, -0.2) is 4.79 Å². The Labute approximate surface area is 153 Å². The van der Waals surface area contributed by atoms with Crippen molar-refractivity contribution < 1.29 is 19.1 Å². The Morgan fingerprint density at radius 1 is 1.12 bits per heavy atom. The fraction of sp³-hybridized carbons (Fsp3) is 0.421. The topological polar surface area (TPSA) is 70.2 Å². The van der Waals surface area contributed by atoms with E-state index < -0.39 is 0 Å². The van der Waals surface area contributed by atoms with E-state index in [1.54, 1.807) is 50.3 Å². The molecule has 3 amide bonds. The number of rotatable bonds is 4. The summed E-state index contributed by atoms with van der Waals surface area (Å²) in [6.45, 7) is 4.55. The molecule has 2 rings (SSSR count). The summed E-state index contributed by atoms with van der Waals surface area (Å²) in [5, 5.41) is 0. The number of likely N-dealkylation sites (tertiary alicyclic amines) is 1. The number of carbonyl (C=O) groups excluding carboxylic acids is 3. The molecule has 7 heteroatoms. The summed E-state index contributed by atoms with van der Waals surface area (Å²) in [5.41, 5.74) is 1.26. The predicted octanol–water partition coefficient (Wildman–Crippen LogP) is 2.14. The Morgan fingerprint density at radius 3 is 2.19 bits per heavy atom. The summed E-state index contributed by atoms with van der Waals surface area (Å²) in [6, 6.07) is 6.89. The van der Waals surface area contributed by atoms with E-state index in [-0.39, 0.29) is 24.0 Å². The smallest absolute Gasteiger partial charge is 0.409 e. The highest BCUT2D eigenvalue weighted by molar-refractivity contribution is 6.01. The van der Waals surface area contributed by atoms with Gasteiger partial charge in [0.15, 0.2) is 0 Å². The highest BCUT2D eigenvalue weighted by Gasteiger charge is 2.26. The van der Waals surface area contributed by atoms with Crippen molar-refractivity contribution >= 4 is 23.6 Å². The second kappa shape index (κ2) is 8.51. The molecule has 0 atom stereocenters. The van der Waals surface area contributed by atoms with Crippen LogP contribution in [0.15, 0.2) is 36.9 Å². The van der Waals surface area contributed by atoms with E-state index in [2.05, 4.69) is 6.58 Å². The number of anilines is 1. The van der Waals surface area contributed by atoms with Crippen molar-refractivity contribution in [3.05, 3.63) is 42.5 Å². The van der Waals surface area contributed by atoms with E-state index in [0.29, 0.717) is 37.2 Å². The molecule has 1 fully saturated rings. The molecule has 0 aliphatic carbocycles. The molecule has 7 nitrogen and oxygen atoms in total. The molecule has 0 saturated carbocycles. The first-order valence-corrected chi connectivity index (χ1v) is 8.51. The van der Waals surface area contributed by atoms with Crippen molar-refractivity contribution in [1.29, 1.82) is 0 Å². The number of ether oxygens (including phenoxy) is 1. The fourth-order valence-corrected chi connectivity index (χ4v) is 2.70. The van der Waals surface area contributed by atoms with Crippen molar-refractivity contribution in [3.8, 4) is 0 Å². The van der Waals surface area contributed by atoms with Crippen LogP contribution in [0.3, 0.4) is 0 Å². The number of hydrogen-bond acceptors (Lipinski definition) is 4. The van der Waals surface area contributed by atoms with Gasteiger partial charge in [0, 0.05) is 58.3 Å². The summed E-state index contributed by atoms with van der Waals surface area (Å²) in [4.78, 5) is 40.5. The molecule has 0 unspecified atom stereocenters. The minimum atomic E-state index is -0.358. The SMILES string of the molecule is C=CC(=O)N(C)c1ccc(C(=O)N2CCC(OC(=O)N(C)C)CC2)cc1. The lowest BCUT2D eigenvalue weighted by atomic mass is 10.1. The molecular formula is C19H25N3O4. The largest absolute Gasteiger partial charge is 0.446 e. The molecule has 1 aromatic carbocycles. The molecule has 1 aliphatic rings. The van der Waals surface area contributed by atoms with Crippen LogP contribution in [0, 0.1) is 0 Å². The predicted molar refractivity (Wildman–Crippen MR) is 99.1 cm³/mol. The van der Waals surface area contributed by atoms with Gasteiger partial charge in [-0.05, 0) is 30.3 Å². The normalized spacial score (nSPS) is 14.5. The summed E-state index contributed by atoms with van der Waals surface area (Å²) in [6.07, 6.45) is 1.98. The molecule has 26 heavy (non-hydrogen) atoms. The highest BCUT2D eigenvalue weighted by atomic mass is 16.6. The zero-order chi connectivity index (χ0) is 19.3. The second-order valence-electron chi connectivity index (χ2n) is 6.42. The van der Waals surface area contributed by atoms with E-state index in [4.69, 9.17) is 4.74 Å². The van der Waals surface area contributed by atoms with Crippen molar-refractivity contribution in [2.24, 2.45) is 0 Å². The van der Waals surface area contributed by atoms with Crippen LogP contribution < -0.4 is 4.90 Å². The average Bonchev–Trinajstić information content (AvgIpc) is 2.66. The van der Waals surface area contributed by atoms with Gasteiger partial charge in [-0.1, -0.05) is 6.58 Å². The van der Waals surface area contributed by atoms with Gasteiger partial charge >= 0.3 is 6.09 Å². The maximum atomic E-state index is 12.6. The number of likely N-dealkylation sites (N-methyl/N-ethyl adjacent to an activating group) is 1. The lowest BCUT2D eigenvalue weighted by Crippen LogP contribution is -2.42. The Morgan fingerprint density at radius 2 is 1.69 bits per heavy atom. The highest BCUT2D eigenvalue weighted by Crippen LogP contribution is 2.19. The Hall–Kier alpha value is -2.83. The molecular weight excluding hydrogens is 334 g/mol. The van der Waals surface area contributed by atoms with E-state index in [9.17, 15) is 14.4 Å². The molecule has 0 bridgehead atoms. The summed E-state index contributed by atoms with van der Waals surface area (Å²) in [7, 11) is 4.94. The number of piperidine rings is 1. The Balaban J connectivity index is 1.93. The number of nitrogens with zero attached hydrogens (tertiary/aromatic N) is 3. The van der Waals surface area contributed by atoms with Gasteiger partial charge < -0.3 is 19.4 Å². The second-order valence-corrected chi connectivity index (χ2v) is 6.42. The lowest BCUT2D eigenvalue weighted by Gasteiger charge is -2.32. The minimum Gasteiger partial charge on any atom is -0.446 e. The Bertz CT molecular complexity index is 677. The van der Waals surface area contributed by atoms with E-state index in [1.165, 1.54) is 15.9 Å². The molecule has 0 aromatic heterocycles. The quantitative estimate of drug-likeness (QED) is 0.773. The van der Waals surface area contributed by atoms with E-state index in [0.717, 1.165) is 0 Å². The summed E-state index contributed by atoms with van der Waals surface area (Å²) in [5.74, 6) is -0.273. The molecule has 0 N–H and O–H groups in total. The van der Waals surface area contributed by atoms with Gasteiger partial charge in [0.1, 0.15) is 6.10 Å². The van der Waals surface area contributed by atoms with Crippen molar-refractivity contribution in [3.63, 3.8) is 0 Å². The van der Waals surface area contributed by atoms with Crippen LogP contribution in [-0.2, 0) is 9.53 Å². The van der Waals surface area contributed by atoms with Crippen molar-refractivity contribution in [1.82, 2.24) is 9.80 Å². The van der Waals surface area contributed by atoms with Crippen molar-refractivity contribution in [2.75, 3.05) is 39.1 Å². The lowest BCUT2D eigenvalue weighted by molar-refractivity contribution is -0.113. The monoisotopic (exact) mass is 359 g/mol. The maximum absolute atomic E-state index is 12.6. The molecule has 1 aromatic rings. The number of amides is 3. The van der Waals surface area contributed by atoms with Gasteiger partial charge in [-0.2, -0.15) is 0 Å². The molecule has 1 saturated heterocycles. The molecule has 1 aliphatic heterocycles. The molecule has 140 valence electrons. The Kier molecular flexibility index (Phi) is 6.38. The van der Waals surface area contributed by atoms with E-state index >= 15 is 0 Å². The van der Waals surface area contributed by atoms with Crippen LogP contribution in [-0.4, -0.2) is 68.0 Å². The fourth-order valence-electron chi connectivity index (χ4n) is 2.70. The van der Waals surface area contributed by atoms with Crippen molar-refractivity contribution in [2.45, 2.75) is 18.9 Å². The molecule has 0 spiro atoms. The van der Waals surface area contributed by atoms with E-state index in [1.807, 2.05) is 0 Å². The van der Waals surface area contributed by atoms with Gasteiger partial charge in [0.05, 0.1) is 0 Å². The van der Waals surface area contributed by atoms with Crippen LogP contribution in [0.2, 0.25) is 0 Å². The number of carbonyl (C=O) groups is 3. The van der Waals surface area contributed by atoms with Crippen LogP contribution in [0.25, 0.3) is 0 Å². The van der Waals surface area contributed by atoms with Gasteiger partial charge in [0.25, 0.3) is 5.91 Å². The average molecular weight is 359 g/mol. The zero-order valence-corrected chi connectivity index (χ0v) is 15.5. The summed E-state index contributed by atoms with van der Waals surface area (Å²) >= 11 is 0. The molecule has 0 radical (unpaired) electrons. The first-order chi connectivity index (χ1) is 12.3. The maximum Gasteiger partial charge on any atom is 0.409 e. The molecule has 1 heterocycles. The zero-order valence-electron chi connectivity index (χ0n) is 15.5. The van der Waals surface area contributed by atoms with Gasteiger partial charge in [0.2, 0.25) is 5.91 Å². The standard InChI is InChI=1S/C19H25N3O4/c1-5-17(23)21(4)15-8-6-14(7-9-15)18(24)22-12-10-16(11-13-22)26-19(25)20(2)3/h5-9,16H,1,10-13H2,2-4H3. The first kappa shape index (κ1) is 19.5.